The second kappa shape index (κ2) is 4.96. The Morgan fingerprint density at radius 2 is 2.06 bits per heavy atom. The first kappa shape index (κ1) is 12.5. The second-order valence-corrected chi connectivity index (χ2v) is 3.25. The smallest absolute Gasteiger partial charge is 0.390 e. The van der Waals surface area contributed by atoms with E-state index in [0.717, 1.165) is 0 Å². The van der Waals surface area contributed by atoms with E-state index in [-0.39, 0.29) is 6.54 Å². The molecule has 0 unspecified atom stereocenters. The molecule has 0 bridgehead atoms. The van der Waals surface area contributed by atoms with Crippen molar-refractivity contribution in [2.75, 3.05) is 24.7 Å². The Morgan fingerprint density at radius 1 is 1.38 bits per heavy atom. The minimum atomic E-state index is -4.16. The van der Waals surface area contributed by atoms with Crippen molar-refractivity contribution in [3.8, 4) is 5.75 Å². The van der Waals surface area contributed by atoms with Gasteiger partial charge in [-0.05, 0) is 12.1 Å². The number of alkyl halides is 3. The molecule has 1 aromatic carbocycles. The number of nitrogen functional groups attached to an aromatic ring is 1. The van der Waals surface area contributed by atoms with Crippen LogP contribution in [0, 0.1) is 0 Å². The third kappa shape index (κ3) is 3.88. The summed E-state index contributed by atoms with van der Waals surface area (Å²) < 4.78 is 40.6. The van der Waals surface area contributed by atoms with Crippen molar-refractivity contribution < 1.29 is 17.9 Å². The third-order valence-corrected chi connectivity index (χ3v) is 1.98. The normalized spacial score (nSPS) is 11.2. The van der Waals surface area contributed by atoms with Crippen molar-refractivity contribution in [3.63, 3.8) is 0 Å². The molecule has 1 aromatic rings. The number of rotatable bonds is 4. The molecule has 0 radical (unpaired) electrons. The topological polar surface area (TPSA) is 47.3 Å². The van der Waals surface area contributed by atoms with E-state index in [4.69, 9.17) is 10.5 Å². The number of ether oxygens (including phenoxy) is 1. The number of nitrogens with two attached hydrogens (primary N) is 1. The Labute approximate surface area is 91.4 Å². The number of hydrogen-bond donors (Lipinski definition) is 2. The maximum atomic E-state index is 11.9. The van der Waals surface area contributed by atoms with Crippen LogP contribution in [0.1, 0.15) is 6.42 Å². The van der Waals surface area contributed by atoms with Gasteiger partial charge in [-0.1, -0.05) is 0 Å². The van der Waals surface area contributed by atoms with Gasteiger partial charge in [0, 0.05) is 12.6 Å². The fourth-order valence-corrected chi connectivity index (χ4v) is 1.17. The first-order valence-electron chi connectivity index (χ1n) is 4.66. The fraction of sp³-hybridized carbons (Fsp3) is 0.400. The van der Waals surface area contributed by atoms with E-state index in [2.05, 4.69) is 5.32 Å². The largest absolute Gasteiger partial charge is 0.497 e. The van der Waals surface area contributed by atoms with Crippen LogP contribution in [0.4, 0.5) is 24.5 Å². The van der Waals surface area contributed by atoms with Gasteiger partial charge in [0.2, 0.25) is 0 Å². The monoisotopic (exact) mass is 234 g/mol. The van der Waals surface area contributed by atoms with Crippen LogP contribution < -0.4 is 15.8 Å². The molecule has 3 nitrogen and oxygen atoms in total. The molecular formula is C10H13F3N2O. The lowest BCUT2D eigenvalue weighted by Gasteiger charge is -2.11. The highest BCUT2D eigenvalue weighted by Gasteiger charge is 2.26. The Kier molecular flexibility index (Phi) is 3.87. The van der Waals surface area contributed by atoms with Gasteiger partial charge in [0.05, 0.1) is 24.9 Å². The Balaban J connectivity index is 2.55. The first-order chi connectivity index (χ1) is 7.42. The molecule has 16 heavy (non-hydrogen) atoms. The summed E-state index contributed by atoms with van der Waals surface area (Å²) in [7, 11) is 1.49. The number of methoxy groups -OCH3 is 1. The summed E-state index contributed by atoms with van der Waals surface area (Å²) in [5, 5.41) is 2.62. The molecule has 0 fully saturated rings. The van der Waals surface area contributed by atoms with E-state index in [1.165, 1.54) is 7.11 Å². The number of anilines is 2. The molecule has 0 aliphatic carbocycles. The van der Waals surface area contributed by atoms with Crippen molar-refractivity contribution in [1.82, 2.24) is 0 Å². The summed E-state index contributed by atoms with van der Waals surface area (Å²) in [5.41, 5.74) is 6.46. The predicted octanol–water partition coefficient (Wildman–Crippen LogP) is 2.64. The molecule has 0 amide bonds. The van der Waals surface area contributed by atoms with Gasteiger partial charge in [0.15, 0.2) is 0 Å². The van der Waals surface area contributed by atoms with E-state index >= 15 is 0 Å². The lowest BCUT2D eigenvalue weighted by atomic mass is 10.2. The summed E-state index contributed by atoms with van der Waals surface area (Å²) in [6, 6.07) is 4.77. The zero-order chi connectivity index (χ0) is 12.2. The van der Waals surface area contributed by atoms with Crippen LogP contribution in [0.25, 0.3) is 0 Å². The average molecular weight is 234 g/mol. The molecule has 1 rings (SSSR count). The SMILES string of the molecule is COc1ccc(NCCC(F)(F)F)c(N)c1. The molecule has 0 aliphatic rings. The molecule has 6 heteroatoms. The van der Waals surface area contributed by atoms with Crippen molar-refractivity contribution in [1.29, 1.82) is 0 Å². The van der Waals surface area contributed by atoms with Crippen LogP contribution in [-0.4, -0.2) is 19.8 Å². The van der Waals surface area contributed by atoms with Crippen LogP contribution >= 0.6 is 0 Å². The highest BCUT2D eigenvalue weighted by Crippen LogP contribution is 2.25. The van der Waals surface area contributed by atoms with Gasteiger partial charge in [-0.2, -0.15) is 13.2 Å². The highest BCUT2D eigenvalue weighted by atomic mass is 19.4. The standard InChI is InChI=1S/C10H13F3N2O/c1-16-7-2-3-9(8(14)6-7)15-5-4-10(11,12)13/h2-3,6,15H,4-5,14H2,1H3. The van der Waals surface area contributed by atoms with Crippen LogP contribution in [-0.2, 0) is 0 Å². The maximum Gasteiger partial charge on any atom is 0.390 e. The number of hydrogen-bond acceptors (Lipinski definition) is 3. The van der Waals surface area contributed by atoms with Crippen molar-refractivity contribution in [3.05, 3.63) is 18.2 Å². The quantitative estimate of drug-likeness (QED) is 0.787. The van der Waals surface area contributed by atoms with Gasteiger partial charge < -0.3 is 15.8 Å². The number of nitrogens with one attached hydrogen (secondary N) is 1. The summed E-state index contributed by atoms with van der Waals surface area (Å²) in [6.07, 6.45) is -5.05. The molecule has 0 heterocycles. The lowest BCUT2D eigenvalue weighted by molar-refractivity contribution is -0.131. The molecular weight excluding hydrogens is 221 g/mol. The number of halogens is 3. The Morgan fingerprint density at radius 3 is 2.56 bits per heavy atom. The molecule has 0 spiro atoms. The van der Waals surface area contributed by atoms with E-state index in [0.29, 0.717) is 17.1 Å². The van der Waals surface area contributed by atoms with Crippen molar-refractivity contribution in [2.45, 2.75) is 12.6 Å². The average Bonchev–Trinajstić information content (AvgIpc) is 2.18. The summed E-state index contributed by atoms with van der Waals surface area (Å²) in [4.78, 5) is 0. The van der Waals surface area contributed by atoms with Crippen molar-refractivity contribution >= 4 is 11.4 Å². The van der Waals surface area contributed by atoms with E-state index in [1.54, 1.807) is 18.2 Å². The molecule has 3 N–H and O–H groups in total. The maximum absolute atomic E-state index is 11.9. The molecule has 0 atom stereocenters. The van der Waals surface area contributed by atoms with Crippen LogP contribution in [0.15, 0.2) is 18.2 Å². The zero-order valence-corrected chi connectivity index (χ0v) is 8.77. The first-order valence-corrected chi connectivity index (χ1v) is 4.66. The van der Waals surface area contributed by atoms with Gasteiger partial charge in [0.25, 0.3) is 0 Å². The zero-order valence-electron chi connectivity index (χ0n) is 8.77. The molecule has 0 aromatic heterocycles. The minimum absolute atomic E-state index is 0.194. The Bertz CT molecular complexity index is 352. The van der Waals surface area contributed by atoms with E-state index < -0.39 is 12.6 Å². The third-order valence-electron chi connectivity index (χ3n) is 1.98. The molecule has 0 aliphatic heterocycles. The fourth-order valence-electron chi connectivity index (χ4n) is 1.17. The number of benzene rings is 1. The van der Waals surface area contributed by atoms with Crippen LogP contribution in [0.3, 0.4) is 0 Å². The van der Waals surface area contributed by atoms with Gasteiger partial charge in [-0.25, -0.2) is 0 Å². The van der Waals surface area contributed by atoms with Crippen molar-refractivity contribution in [2.24, 2.45) is 0 Å². The molecule has 0 saturated carbocycles. The van der Waals surface area contributed by atoms with Gasteiger partial charge in [-0.15, -0.1) is 0 Å². The van der Waals surface area contributed by atoms with Gasteiger partial charge >= 0.3 is 6.18 Å². The lowest BCUT2D eigenvalue weighted by Crippen LogP contribution is -2.15. The van der Waals surface area contributed by atoms with E-state index in [1.807, 2.05) is 0 Å². The summed E-state index contributed by atoms with van der Waals surface area (Å²) in [6.45, 7) is -0.194. The van der Waals surface area contributed by atoms with Crippen LogP contribution in [0.2, 0.25) is 0 Å². The predicted molar refractivity (Wildman–Crippen MR) is 56.6 cm³/mol. The van der Waals surface area contributed by atoms with E-state index in [9.17, 15) is 13.2 Å². The minimum Gasteiger partial charge on any atom is -0.497 e. The summed E-state index contributed by atoms with van der Waals surface area (Å²) in [5.74, 6) is 0.568. The van der Waals surface area contributed by atoms with Gasteiger partial charge in [-0.3, -0.25) is 0 Å². The molecule has 0 saturated heterocycles. The Hall–Kier alpha value is -1.59. The highest BCUT2D eigenvalue weighted by molar-refractivity contribution is 5.68. The van der Waals surface area contributed by atoms with Crippen LogP contribution in [0.5, 0.6) is 5.75 Å². The second-order valence-electron chi connectivity index (χ2n) is 3.25. The van der Waals surface area contributed by atoms with Gasteiger partial charge in [0.1, 0.15) is 5.75 Å². The molecule has 90 valence electrons. The summed E-state index contributed by atoms with van der Waals surface area (Å²) >= 11 is 0.